The van der Waals surface area contributed by atoms with Crippen LogP contribution in [0, 0.1) is 0 Å². The molecule has 3 nitrogen and oxygen atoms in total. The Morgan fingerprint density at radius 3 is 2.79 bits per heavy atom. The van der Waals surface area contributed by atoms with E-state index in [1.54, 1.807) is 0 Å². The second-order valence-corrected chi connectivity index (χ2v) is 4.07. The fourth-order valence-corrected chi connectivity index (χ4v) is 2.03. The van der Waals surface area contributed by atoms with Gasteiger partial charge < -0.3 is 0 Å². The third-order valence-corrected chi connectivity index (χ3v) is 2.89. The fourth-order valence-electron chi connectivity index (χ4n) is 2.03. The Labute approximate surface area is 85.5 Å². The number of rotatable bonds is 3. The first kappa shape index (κ1) is 9.71. The highest BCUT2D eigenvalue weighted by Crippen LogP contribution is 2.12. The van der Waals surface area contributed by atoms with Gasteiger partial charge in [-0.25, -0.2) is 0 Å². The quantitative estimate of drug-likeness (QED) is 0.795. The van der Waals surface area contributed by atoms with Crippen LogP contribution in [0.2, 0.25) is 0 Å². The van der Waals surface area contributed by atoms with Crippen LogP contribution < -0.4 is 0 Å². The van der Waals surface area contributed by atoms with Gasteiger partial charge in [-0.2, -0.15) is 5.10 Å². The van der Waals surface area contributed by atoms with Gasteiger partial charge in [0.2, 0.25) is 0 Å². The van der Waals surface area contributed by atoms with Crippen molar-refractivity contribution in [2.75, 3.05) is 13.1 Å². The molecule has 0 spiro atoms. The lowest BCUT2D eigenvalue weighted by Crippen LogP contribution is -2.29. The first-order valence-corrected chi connectivity index (χ1v) is 5.64. The van der Waals surface area contributed by atoms with Crippen LogP contribution in [0.25, 0.3) is 0 Å². The van der Waals surface area contributed by atoms with Crippen molar-refractivity contribution in [1.82, 2.24) is 15.1 Å². The summed E-state index contributed by atoms with van der Waals surface area (Å²) in [6.07, 6.45) is 5.14. The van der Waals surface area contributed by atoms with Crippen LogP contribution in [-0.2, 0) is 13.0 Å². The van der Waals surface area contributed by atoms with Crippen molar-refractivity contribution in [3.05, 3.63) is 17.5 Å². The number of aromatic amines is 1. The zero-order valence-electron chi connectivity index (χ0n) is 8.92. The van der Waals surface area contributed by atoms with Crippen molar-refractivity contribution >= 4 is 0 Å². The Hall–Kier alpha value is -0.830. The molecule has 1 aliphatic rings. The number of hydrogen-bond donors (Lipinski definition) is 1. The van der Waals surface area contributed by atoms with Gasteiger partial charge in [-0.05, 0) is 38.4 Å². The van der Waals surface area contributed by atoms with Crippen molar-refractivity contribution in [3.63, 3.8) is 0 Å². The Balaban J connectivity index is 1.89. The molecule has 0 aliphatic carbocycles. The Bertz CT molecular complexity index is 274. The fraction of sp³-hybridized carbons (Fsp3) is 0.727. The minimum Gasteiger partial charge on any atom is -0.298 e. The molecule has 0 radical (unpaired) electrons. The molecule has 3 heteroatoms. The van der Waals surface area contributed by atoms with Crippen LogP contribution in [0.15, 0.2) is 6.07 Å². The molecule has 0 saturated carbocycles. The van der Waals surface area contributed by atoms with Crippen LogP contribution in [0.5, 0.6) is 0 Å². The molecule has 1 aromatic heterocycles. The number of hydrogen-bond acceptors (Lipinski definition) is 2. The summed E-state index contributed by atoms with van der Waals surface area (Å²) in [6.45, 7) is 5.69. The van der Waals surface area contributed by atoms with Gasteiger partial charge in [-0.3, -0.25) is 10.00 Å². The summed E-state index contributed by atoms with van der Waals surface area (Å²) in [5, 5.41) is 7.36. The Kier molecular flexibility index (Phi) is 3.19. The zero-order valence-corrected chi connectivity index (χ0v) is 8.92. The van der Waals surface area contributed by atoms with E-state index >= 15 is 0 Å². The summed E-state index contributed by atoms with van der Waals surface area (Å²) in [5.74, 6) is 0. The monoisotopic (exact) mass is 193 g/mol. The minimum absolute atomic E-state index is 1.02. The Morgan fingerprint density at radius 1 is 1.36 bits per heavy atom. The van der Waals surface area contributed by atoms with E-state index in [2.05, 4.69) is 28.1 Å². The van der Waals surface area contributed by atoms with E-state index < -0.39 is 0 Å². The van der Waals surface area contributed by atoms with Gasteiger partial charge in [0.25, 0.3) is 0 Å². The van der Waals surface area contributed by atoms with Gasteiger partial charge in [0.15, 0.2) is 0 Å². The number of aryl methyl sites for hydroxylation is 1. The van der Waals surface area contributed by atoms with Crippen molar-refractivity contribution in [3.8, 4) is 0 Å². The van der Waals surface area contributed by atoms with Gasteiger partial charge in [-0.1, -0.05) is 13.3 Å². The van der Waals surface area contributed by atoms with E-state index in [0.717, 1.165) is 13.0 Å². The number of aromatic nitrogens is 2. The standard InChI is InChI=1S/C11H19N3/c1-2-10-8-11(13-12-10)9-14-6-4-3-5-7-14/h8H,2-7,9H2,1H3,(H,12,13). The molecule has 2 rings (SSSR count). The van der Waals surface area contributed by atoms with E-state index in [4.69, 9.17) is 0 Å². The van der Waals surface area contributed by atoms with E-state index in [0.29, 0.717) is 0 Å². The van der Waals surface area contributed by atoms with Crippen LogP contribution in [0.3, 0.4) is 0 Å². The lowest BCUT2D eigenvalue weighted by Gasteiger charge is -2.25. The zero-order chi connectivity index (χ0) is 9.80. The number of H-pyrrole nitrogens is 1. The highest BCUT2D eigenvalue weighted by molar-refractivity contribution is 5.08. The largest absolute Gasteiger partial charge is 0.298 e. The maximum Gasteiger partial charge on any atom is 0.0622 e. The molecule has 0 bridgehead atoms. The van der Waals surface area contributed by atoms with Crippen LogP contribution >= 0.6 is 0 Å². The van der Waals surface area contributed by atoms with Crippen molar-refractivity contribution < 1.29 is 0 Å². The second kappa shape index (κ2) is 4.60. The van der Waals surface area contributed by atoms with E-state index in [1.165, 1.54) is 43.7 Å². The highest BCUT2D eigenvalue weighted by Gasteiger charge is 2.11. The predicted octanol–water partition coefficient (Wildman–Crippen LogP) is 1.96. The number of nitrogens with zero attached hydrogens (tertiary/aromatic N) is 2. The maximum absolute atomic E-state index is 4.25. The summed E-state index contributed by atoms with van der Waals surface area (Å²) >= 11 is 0. The topological polar surface area (TPSA) is 31.9 Å². The van der Waals surface area contributed by atoms with Gasteiger partial charge in [-0.15, -0.1) is 0 Å². The molecular weight excluding hydrogens is 174 g/mol. The van der Waals surface area contributed by atoms with Crippen LogP contribution in [-0.4, -0.2) is 28.2 Å². The molecule has 0 amide bonds. The predicted molar refractivity (Wildman–Crippen MR) is 57.1 cm³/mol. The third kappa shape index (κ3) is 2.35. The normalized spacial score (nSPS) is 18.6. The minimum atomic E-state index is 1.02. The van der Waals surface area contributed by atoms with Crippen molar-refractivity contribution in [1.29, 1.82) is 0 Å². The van der Waals surface area contributed by atoms with E-state index in [1.807, 2.05) is 0 Å². The summed E-state index contributed by atoms with van der Waals surface area (Å²) in [5.41, 5.74) is 2.45. The molecule has 1 N–H and O–H groups in total. The molecule has 1 fully saturated rings. The lowest BCUT2D eigenvalue weighted by molar-refractivity contribution is 0.218. The summed E-state index contributed by atoms with van der Waals surface area (Å²) in [4.78, 5) is 2.51. The summed E-state index contributed by atoms with van der Waals surface area (Å²) in [6, 6.07) is 2.19. The smallest absolute Gasteiger partial charge is 0.0622 e. The average Bonchev–Trinajstić information content (AvgIpc) is 2.67. The van der Waals surface area contributed by atoms with E-state index in [-0.39, 0.29) is 0 Å². The molecule has 78 valence electrons. The highest BCUT2D eigenvalue weighted by atomic mass is 15.2. The first-order chi connectivity index (χ1) is 6.88. The van der Waals surface area contributed by atoms with Crippen molar-refractivity contribution in [2.45, 2.75) is 39.2 Å². The van der Waals surface area contributed by atoms with Gasteiger partial charge in [0.1, 0.15) is 0 Å². The number of nitrogens with one attached hydrogen (secondary N) is 1. The second-order valence-electron chi connectivity index (χ2n) is 4.07. The molecule has 0 unspecified atom stereocenters. The lowest BCUT2D eigenvalue weighted by atomic mass is 10.1. The van der Waals surface area contributed by atoms with Gasteiger partial charge in [0.05, 0.1) is 5.69 Å². The van der Waals surface area contributed by atoms with Gasteiger partial charge in [0, 0.05) is 12.2 Å². The molecule has 0 atom stereocenters. The molecule has 1 saturated heterocycles. The number of likely N-dealkylation sites (tertiary alicyclic amines) is 1. The molecule has 1 aromatic rings. The molecule has 1 aliphatic heterocycles. The molecular formula is C11H19N3. The first-order valence-electron chi connectivity index (χ1n) is 5.64. The maximum atomic E-state index is 4.25. The third-order valence-electron chi connectivity index (χ3n) is 2.89. The van der Waals surface area contributed by atoms with E-state index in [9.17, 15) is 0 Å². The summed E-state index contributed by atoms with van der Waals surface area (Å²) < 4.78 is 0. The SMILES string of the molecule is CCc1cc(CN2CCCCC2)[nH]n1. The number of piperidine rings is 1. The van der Waals surface area contributed by atoms with Crippen LogP contribution in [0.4, 0.5) is 0 Å². The van der Waals surface area contributed by atoms with Gasteiger partial charge >= 0.3 is 0 Å². The molecule has 2 heterocycles. The average molecular weight is 193 g/mol. The van der Waals surface area contributed by atoms with Crippen molar-refractivity contribution in [2.24, 2.45) is 0 Å². The molecule has 14 heavy (non-hydrogen) atoms. The van der Waals surface area contributed by atoms with Crippen LogP contribution in [0.1, 0.15) is 37.6 Å². The Morgan fingerprint density at radius 2 is 2.14 bits per heavy atom. The summed E-state index contributed by atoms with van der Waals surface area (Å²) in [7, 11) is 0. The molecule has 0 aromatic carbocycles.